The summed E-state index contributed by atoms with van der Waals surface area (Å²) in [5, 5.41) is 1.87. The van der Waals surface area contributed by atoms with Crippen LogP contribution in [0.3, 0.4) is 0 Å². The van der Waals surface area contributed by atoms with Crippen LogP contribution in [0.25, 0.3) is 0 Å². The van der Waals surface area contributed by atoms with Gasteiger partial charge in [0.2, 0.25) is 0 Å². The van der Waals surface area contributed by atoms with E-state index in [1.54, 1.807) is 11.0 Å². The Labute approximate surface area is 126 Å². The molecule has 21 heavy (non-hydrogen) atoms. The number of Topliss-reactive ketones (excluding diaryl/α,β-unsaturated/α-hetero) is 1. The molecule has 1 aliphatic rings. The summed E-state index contributed by atoms with van der Waals surface area (Å²) < 4.78 is 12.9. The Hall–Kier alpha value is -2.01. The molecule has 5 heteroatoms. The molecule has 108 valence electrons. The molecule has 0 spiro atoms. The number of carbonyl (C=O) groups excluding carboxylic acids is 2. The first-order chi connectivity index (χ1) is 10.1. The van der Waals surface area contributed by atoms with Crippen LogP contribution in [-0.4, -0.2) is 29.7 Å². The Morgan fingerprint density at radius 3 is 2.62 bits per heavy atom. The maximum atomic E-state index is 12.9. The summed E-state index contributed by atoms with van der Waals surface area (Å²) in [4.78, 5) is 27.0. The van der Waals surface area contributed by atoms with E-state index in [0.717, 1.165) is 0 Å². The largest absolute Gasteiger partial charge is 0.337 e. The van der Waals surface area contributed by atoms with Crippen molar-refractivity contribution in [3.63, 3.8) is 0 Å². The number of hydrogen-bond acceptors (Lipinski definition) is 3. The number of benzene rings is 1. The van der Waals surface area contributed by atoms with E-state index >= 15 is 0 Å². The van der Waals surface area contributed by atoms with Crippen LogP contribution in [0.5, 0.6) is 0 Å². The standard InChI is InChI=1S/C16H14FNO2S/c17-13-5-3-11(4-6-13)15(19)12-7-8-18(10-12)16(20)14-2-1-9-21-14/h1-6,9,12H,7-8,10H2/t12-/m0/s1. The predicted molar refractivity (Wildman–Crippen MR) is 79.1 cm³/mol. The average molecular weight is 303 g/mol. The van der Waals surface area contributed by atoms with Gasteiger partial charge in [-0.05, 0) is 42.1 Å². The van der Waals surface area contributed by atoms with Crippen molar-refractivity contribution in [3.05, 3.63) is 58.0 Å². The maximum Gasteiger partial charge on any atom is 0.263 e. The van der Waals surface area contributed by atoms with Crippen molar-refractivity contribution < 1.29 is 14.0 Å². The van der Waals surface area contributed by atoms with Crippen molar-refractivity contribution in [2.24, 2.45) is 5.92 Å². The molecule has 1 aromatic carbocycles. The van der Waals surface area contributed by atoms with E-state index in [2.05, 4.69) is 0 Å². The quantitative estimate of drug-likeness (QED) is 0.816. The molecule has 2 heterocycles. The van der Waals surface area contributed by atoms with Gasteiger partial charge in [0.15, 0.2) is 5.78 Å². The van der Waals surface area contributed by atoms with E-state index in [0.29, 0.717) is 30.0 Å². The van der Waals surface area contributed by atoms with Crippen LogP contribution in [0.4, 0.5) is 4.39 Å². The van der Waals surface area contributed by atoms with Crippen molar-refractivity contribution >= 4 is 23.0 Å². The van der Waals surface area contributed by atoms with E-state index < -0.39 is 0 Å². The first kappa shape index (κ1) is 13.9. The first-order valence-electron chi connectivity index (χ1n) is 6.77. The van der Waals surface area contributed by atoms with E-state index in [1.807, 2.05) is 11.4 Å². The molecule has 2 aromatic rings. The number of carbonyl (C=O) groups is 2. The highest BCUT2D eigenvalue weighted by Gasteiger charge is 2.32. The Morgan fingerprint density at radius 1 is 1.19 bits per heavy atom. The Morgan fingerprint density at radius 2 is 1.95 bits per heavy atom. The molecule has 1 aromatic heterocycles. The van der Waals surface area contributed by atoms with E-state index in [9.17, 15) is 14.0 Å². The fourth-order valence-corrected chi connectivity index (χ4v) is 3.26. The van der Waals surface area contributed by atoms with Crippen LogP contribution >= 0.6 is 11.3 Å². The van der Waals surface area contributed by atoms with Gasteiger partial charge in [-0.15, -0.1) is 11.3 Å². The molecule has 1 atom stereocenters. The zero-order valence-electron chi connectivity index (χ0n) is 11.3. The highest BCUT2D eigenvalue weighted by molar-refractivity contribution is 7.12. The maximum absolute atomic E-state index is 12.9. The van der Waals surface area contributed by atoms with Gasteiger partial charge in [0.05, 0.1) is 4.88 Å². The van der Waals surface area contributed by atoms with Gasteiger partial charge >= 0.3 is 0 Å². The summed E-state index contributed by atoms with van der Waals surface area (Å²) in [5.74, 6) is -0.581. The highest BCUT2D eigenvalue weighted by atomic mass is 32.1. The fourth-order valence-electron chi connectivity index (χ4n) is 2.56. The highest BCUT2D eigenvalue weighted by Crippen LogP contribution is 2.24. The summed E-state index contributed by atoms with van der Waals surface area (Å²) in [6.45, 7) is 1.03. The third kappa shape index (κ3) is 2.88. The molecule has 0 N–H and O–H groups in total. The molecular formula is C16H14FNO2S. The zero-order chi connectivity index (χ0) is 14.8. The van der Waals surface area contributed by atoms with Gasteiger partial charge in [0.25, 0.3) is 5.91 Å². The van der Waals surface area contributed by atoms with E-state index in [4.69, 9.17) is 0 Å². The molecular weight excluding hydrogens is 289 g/mol. The number of nitrogens with zero attached hydrogens (tertiary/aromatic N) is 1. The molecule has 1 amide bonds. The minimum absolute atomic E-state index is 0.0144. The molecule has 0 saturated carbocycles. The molecule has 0 unspecified atom stereocenters. The molecule has 1 aliphatic heterocycles. The van der Waals surface area contributed by atoms with Crippen molar-refractivity contribution in [1.29, 1.82) is 0 Å². The van der Waals surface area contributed by atoms with Crippen molar-refractivity contribution in [3.8, 4) is 0 Å². The Balaban J connectivity index is 1.68. The number of likely N-dealkylation sites (tertiary alicyclic amines) is 1. The SMILES string of the molecule is O=C(c1ccc(F)cc1)[C@H]1CCN(C(=O)c2cccs2)C1. The lowest BCUT2D eigenvalue weighted by atomic mass is 9.97. The molecule has 3 rings (SSSR count). The van der Waals surface area contributed by atoms with E-state index in [-0.39, 0.29) is 23.4 Å². The van der Waals surface area contributed by atoms with Crippen LogP contribution in [0.2, 0.25) is 0 Å². The summed E-state index contributed by atoms with van der Waals surface area (Å²) in [6.07, 6.45) is 0.660. The van der Waals surface area contributed by atoms with Crippen LogP contribution < -0.4 is 0 Å². The second-order valence-electron chi connectivity index (χ2n) is 5.09. The normalized spacial score (nSPS) is 18.0. The van der Waals surface area contributed by atoms with Gasteiger partial charge in [-0.3, -0.25) is 9.59 Å². The van der Waals surface area contributed by atoms with Crippen molar-refractivity contribution in [2.45, 2.75) is 6.42 Å². The van der Waals surface area contributed by atoms with Crippen LogP contribution in [0.15, 0.2) is 41.8 Å². The van der Waals surface area contributed by atoms with Crippen LogP contribution in [0, 0.1) is 11.7 Å². The van der Waals surface area contributed by atoms with Gasteiger partial charge in [0.1, 0.15) is 5.82 Å². The van der Waals surface area contributed by atoms with Gasteiger partial charge in [0, 0.05) is 24.6 Å². The topological polar surface area (TPSA) is 37.4 Å². The Bertz CT molecular complexity index is 651. The predicted octanol–water partition coefficient (Wildman–Crippen LogP) is 3.23. The molecule has 1 fully saturated rings. The smallest absolute Gasteiger partial charge is 0.263 e. The van der Waals surface area contributed by atoms with Crippen LogP contribution in [0.1, 0.15) is 26.5 Å². The van der Waals surface area contributed by atoms with Gasteiger partial charge in [-0.1, -0.05) is 6.07 Å². The minimum Gasteiger partial charge on any atom is -0.337 e. The molecule has 0 aliphatic carbocycles. The van der Waals surface area contributed by atoms with Crippen molar-refractivity contribution in [1.82, 2.24) is 4.90 Å². The molecule has 0 bridgehead atoms. The Kier molecular flexibility index (Phi) is 3.84. The average Bonchev–Trinajstić information content (AvgIpc) is 3.18. The van der Waals surface area contributed by atoms with Gasteiger partial charge in [-0.25, -0.2) is 4.39 Å². The van der Waals surface area contributed by atoms with Crippen molar-refractivity contribution in [2.75, 3.05) is 13.1 Å². The fraction of sp³-hybridized carbons (Fsp3) is 0.250. The monoisotopic (exact) mass is 303 g/mol. The molecule has 0 radical (unpaired) electrons. The number of ketones is 1. The van der Waals surface area contributed by atoms with Gasteiger partial charge in [-0.2, -0.15) is 0 Å². The molecule has 3 nitrogen and oxygen atoms in total. The lowest BCUT2D eigenvalue weighted by Gasteiger charge is -2.15. The second-order valence-corrected chi connectivity index (χ2v) is 6.03. The number of thiophene rings is 1. The third-order valence-corrected chi connectivity index (χ3v) is 4.56. The lowest BCUT2D eigenvalue weighted by Crippen LogP contribution is -2.29. The molecule has 1 saturated heterocycles. The van der Waals surface area contributed by atoms with Crippen LogP contribution in [-0.2, 0) is 0 Å². The summed E-state index contributed by atoms with van der Waals surface area (Å²) in [5.41, 5.74) is 0.506. The summed E-state index contributed by atoms with van der Waals surface area (Å²) >= 11 is 1.41. The second kappa shape index (κ2) is 5.77. The first-order valence-corrected chi connectivity index (χ1v) is 7.65. The third-order valence-electron chi connectivity index (χ3n) is 3.71. The van der Waals surface area contributed by atoms with E-state index in [1.165, 1.54) is 35.6 Å². The zero-order valence-corrected chi connectivity index (χ0v) is 12.1. The number of amides is 1. The number of rotatable bonds is 3. The lowest BCUT2D eigenvalue weighted by molar-refractivity contribution is 0.0784. The minimum atomic E-state index is -0.354. The van der Waals surface area contributed by atoms with Gasteiger partial charge < -0.3 is 4.90 Å². The number of halogens is 1. The summed E-state index contributed by atoms with van der Waals surface area (Å²) in [6, 6.07) is 9.22. The number of hydrogen-bond donors (Lipinski definition) is 0. The summed E-state index contributed by atoms with van der Waals surface area (Å²) in [7, 11) is 0.